The van der Waals surface area contributed by atoms with Gasteiger partial charge >= 0.3 is 0 Å². The Bertz CT molecular complexity index is 389. The van der Waals surface area contributed by atoms with E-state index in [1.807, 2.05) is 11.8 Å². The highest BCUT2D eigenvalue weighted by atomic mass is 16.2. The van der Waals surface area contributed by atoms with Crippen LogP contribution in [0.5, 0.6) is 0 Å². The Balaban J connectivity index is 1.96. The fourth-order valence-electron chi connectivity index (χ4n) is 3.85. The molecule has 5 nitrogen and oxygen atoms in total. The number of carbonyl (C=O) groups excluding carboxylic acids is 2. The van der Waals surface area contributed by atoms with E-state index in [1.54, 1.807) is 0 Å². The second-order valence-electron chi connectivity index (χ2n) is 7.10. The fraction of sp³-hybridized carbons (Fsp3) is 0.875. The molecule has 2 rings (SSSR count). The number of carbonyl (C=O) groups is 2. The molecule has 0 spiro atoms. The molecule has 0 aromatic rings. The lowest BCUT2D eigenvalue weighted by Crippen LogP contribution is -2.54. The smallest absolute Gasteiger partial charge is 0.239 e. The molecule has 2 fully saturated rings. The van der Waals surface area contributed by atoms with Crippen LogP contribution < -0.4 is 5.73 Å². The second kappa shape index (κ2) is 6.77. The van der Waals surface area contributed by atoms with Gasteiger partial charge in [-0.25, -0.2) is 0 Å². The van der Waals surface area contributed by atoms with Gasteiger partial charge < -0.3 is 10.6 Å². The molecule has 0 aromatic heterocycles. The molecule has 2 saturated heterocycles. The molecule has 4 atom stereocenters. The molecule has 21 heavy (non-hydrogen) atoms. The molecular weight excluding hydrogens is 266 g/mol. The Morgan fingerprint density at radius 3 is 2.33 bits per heavy atom. The predicted octanol–water partition coefficient (Wildman–Crippen LogP) is 1.08. The molecule has 0 aromatic carbocycles. The quantitative estimate of drug-likeness (QED) is 0.847. The molecule has 2 aliphatic heterocycles. The molecule has 0 saturated carbocycles. The first-order valence-electron chi connectivity index (χ1n) is 8.20. The van der Waals surface area contributed by atoms with Crippen molar-refractivity contribution in [3.63, 3.8) is 0 Å². The van der Waals surface area contributed by atoms with Gasteiger partial charge in [0.2, 0.25) is 11.8 Å². The maximum atomic E-state index is 12.7. The number of nitrogens with zero attached hydrogens (tertiary/aromatic N) is 2. The summed E-state index contributed by atoms with van der Waals surface area (Å²) in [5, 5.41) is 0. The van der Waals surface area contributed by atoms with Crippen LogP contribution in [0.4, 0.5) is 0 Å². The molecule has 2 N–H and O–H groups in total. The van der Waals surface area contributed by atoms with Gasteiger partial charge in [0, 0.05) is 19.6 Å². The normalized spacial score (nSPS) is 32.7. The number of piperidine rings is 2. The first-order valence-corrected chi connectivity index (χ1v) is 8.20. The lowest BCUT2D eigenvalue weighted by atomic mass is 9.91. The number of primary amides is 1. The third-order valence-electron chi connectivity index (χ3n) is 4.94. The molecule has 2 heterocycles. The number of amides is 2. The zero-order chi connectivity index (χ0) is 15.6. The third kappa shape index (κ3) is 3.96. The SMILES string of the molecule is C[C@@H]1C[C@H](C)CN(C(=O)[C@@H](C)N2CCC[C@H](C(N)=O)C2)C1. The average Bonchev–Trinajstić information content (AvgIpc) is 2.44. The molecule has 2 amide bonds. The summed E-state index contributed by atoms with van der Waals surface area (Å²) < 4.78 is 0. The van der Waals surface area contributed by atoms with Gasteiger partial charge in [-0.15, -0.1) is 0 Å². The van der Waals surface area contributed by atoms with E-state index in [1.165, 1.54) is 6.42 Å². The van der Waals surface area contributed by atoms with E-state index in [0.717, 1.165) is 32.5 Å². The minimum Gasteiger partial charge on any atom is -0.369 e. The number of rotatable bonds is 3. The largest absolute Gasteiger partial charge is 0.369 e. The average molecular weight is 295 g/mol. The van der Waals surface area contributed by atoms with Crippen molar-refractivity contribution < 1.29 is 9.59 Å². The fourth-order valence-corrected chi connectivity index (χ4v) is 3.85. The maximum absolute atomic E-state index is 12.7. The Morgan fingerprint density at radius 2 is 1.76 bits per heavy atom. The number of likely N-dealkylation sites (tertiary alicyclic amines) is 2. The predicted molar refractivity (Wildman–Crippen MR) is 82.5 cm³/mol. The molecule has 0 radical (unpaired) electrons. The minimum atomic E-state index is -0.237. The second-order valence-corrected chi connectivity index (χ2v) is 7.10. The van der Waals surface area contributed by atoms with E-state index >= 15 is 0 Å². The Hall–Kier alpha value is -1.10. The highest BCUT2D eigenvalue weighted by Gasteiger charge is 2.34. The van der Waals surface area contributed by atoms with E-state index in [9.17, 15) is 9.59 Å². The topological polar surface area (TPSA) is 66.6 Å². The lowest BCUT2D eigenvalue weighted by molar-refractivity contribution is -0.141. The van der Waals surface area contributed by atoms with Crippen molar-refractivity contribution in [2.24, 2.45) is 23.5 Å². The number of hydrogen-bond acceptors (Lipinski definition) is 3. The van der Waals surface area contributed by atoms with Gasteiger partial charge in [0.15, 0.2) is 0 Å². The standard InChI is InChI=1S/C16H29N3O2/c1-11-7-12(2)9-19(8-11)16(21)13(3)18-6-4-5-14(10-18)15(17)20/h11-14H,4-10H2,1-3H3,(H2,17,20)/t11-,12+,13-,14+/m1/s1. The van der Waals surface area contributed by atoms with Crippen molar-refractivity contribution in [3.05, 3.63) is 0 Å². The Labute approximate surface area is 127 Å². The molecule has 0 aliphatic carbocycles. The summed E-state index contributed by atoms with van der Waals surface area (Å²) in [5.41, 5.74) is 5.42. The van der Waals surface area contributed by atoms with Crippen LogP contribution >= 0.6 is 0 Å². The van der Waals surface area contributed by atoms with Crippen LogP contribution in [0.2, 0.25) is 0 Å². The summed E-state index contributed by atoms with van der Waals surface area (Å²) in [6, 6.07) is -0.148. The maximum Gasteiger partial charge on any atom is 0.239 e. The van der Waals surface area contributed by atoms with Gasteiger partial charge in [-0.2, -0.15) is 0 Å². The van der Waals surface area contributed by atoms with Crippen LogP contribution in [0, 0.1) is 17.8 Å². The van der Waals surface area contributed by atoms with Crippen molar-refractivity contribution >= 4 is 11.8 Å². The van der Waals surface area contributed by atoms with Gasteiger partial charge in [0.05, 0.1) is 12.0 Å². The monoisotopic (exact) mass is 295 g/mol. The van der Waals surface area contributed by atoms with Gasteiger partial charge in [0.1, 0.15) is 0 Å². The summed E-state index contributed by atoms with van der Waals surface area (Å²) >= 11 is 0. The van der Waals surface area contributed by atoms with Gasteiger partial charge in [0.25, 0.3) is 0 Å². The van der Waals surface area contributed by atoms with Crippen molar-refractivity contribution in [2.75, 3.05) is 26.2 Å². The van der Waals surface area contributed by atoms with Crippen molar-refractivity contribution in [1.82, 2.24) is 9.80 Å². The van der Waals surface area contributed by atoms with Crippen LogP contribution in [0.25, 0.3) is 0 Å². The first-order chi connectivity index (χ1) is 9.88. The third-order valence-corrected chi connectivity index (χ3v) is 4.94. The molecule has 0 bridgehead atoms. The molecular formula is C16H29N3O2. The van der Waals surface area contributed by atoms with Crippen LogP contribution in [0.15, 0.2) is 0 Å². The van der Waals surface area contributed by atoms with Crippen LogP contribution in [-0.2, 0) is 9.59 Å². The van der Waals surface area contributed by atoms with E-state index in [2.05, 4.69) is 18.7 Å². The molecule has 120 valence electrons. The van der Waals surface area contributed by atoms with Crippen LogP contribution in [0.3, 0.4) is 0 Å². The highest BCUT2D eigenvalue weighted by molar-refractivity contribution is 5.82. The Kier molecular flexibility index (Phi) is 5.25. The van der Waals surface area contributed by atoms with Crippen molar-refractivity contribution in [1.29, 1.82) is 0 Å². The summed E-state index contributed by atoms with van der Waals surface area (Å²) in [5.74, 6) is 1.01. The molecule has 5 heteroatoms. The van der Waals surface area contributed by atoms with Crippen molar-refractivity contribution in [3.8, 4) is 0 Å². The van der Waals surface area contributed by atoms with Gasteiger partial charge in [-0.05, 0) is 44.6 Å². The number of hydrogen-bond donors (Lipinski definition) is 1. The first kappa shape index (κ1) is 16.3. The highest BCUT2D eigenvalue weighted by Crippen LogP contribution is 2.24. The number of nitrogens with two attached hydrogens (primary N) is 1. The van der Waals surface area contributed by atoms with Crippen LogP contribution in [0.1, 0.15) is 40.0 Å². The van der Waals surface area contributed by atoms with Crippen molar-refractivity contribution in [2.45, 2.75) is 46.1 Å². The lowest BCUT2D eigenvalue weighted by Gasteiger charge is -2.40. The van der Waals surface area contributed by atoms with E-state index in [0.29, 0.717) is 18.4 Å². The summed E-state index contributed by atoms with van der Waals surface area (Å²) in [4.78, 5) is 28.3. The van der Waals surface area contributed by atoms with Crippen LogP contribution in [-0.4, -0.2) is 53.8 Å². The van der Waals surface area contributed by atoms with Gasteiger partial charge in [-0.1, -0.05) is 13.8 Å². The Morgan fingerprint density at radius 1 is 1.14 bits per heavy atom. The summed E-state index contributed by atoms with van der Waals surface area (Å²) in [6.07, 6.45) is 2.99. The molecule has 0 unspecified atom stereocenters. The van der Waals surface area contributed by atoms with E-state index < -0.39 is 0 Å². The van der Waals surface area contributed by atoms with Gasteiger partial charge in [-0.3, -0.25) is 14.5 Å². The van der Waals surface area contributed by atoms with E-state index in [4.69, 9.17) is 5.73 Å². The summed E-state index contributed by atoms with van der Waals surface area (Å²) in [7, 11) is 0. The minimum absolute atomic E-state index is 0.104. The van der Waals surface area contributed by atoms with E-state index in [-0.39, 0.29) is 23.8 Å². The summed E-state index contributed by atoms with van der Waals surface area (Å²) in [6.45, 7) is 9.63. The molecule has 2 aliphatic rings. The zero-order valence-electron chi connectivity index (χ0n) is 13.5. The zero-order valence-corrected chi connectivity index (χ0v) is 13.5.